The van der Waals surface area contributed by atoms with E-state index in [4.69, 9.17) is 5.73 Å². The molecule has 5 rings (SSSR count). The van der Waals surface area contributed by atoms with Crippen LogP contribution in [0.15, 0.2) is 0 Å². The van der Waals surface area contributed by atoms with Gasteiger partial charge < -0.3 is 10.3 Å². The van der Waals surface area contributed by atoms with Crippen molar-refractivity contribution in [3.05, 3.63) is 11.6 Å². The van der Waals surface area contributed by atoms with Gasteiger partial charge in [0.1, 0.15) is 5.82 Å². The molecule has 0 saturated heterocycles. The minimum atomic E-state index is -0.335. The molecule has 0 aliphatic heterocycles. The predicted molar refractivity (Wildman–Crippen MR) is 77.8 cm³/mol. The Balaban J connectivity index is 1.71. The highest BCUT2D eigenvalue weighted by Gasteiger charge is 2.54. The monoisotopic (exact) mass is 274 g/mol. The summed E-state index contributed by atoms with van der Waals surface area (Å²) >= 11 is 0. The van der Waals surface area contributed by atoms with E-state index >= 15 is 0 Å². The molecule has 1 heterocycles. The SMILES string of the molecule is Cc1nnc(C(C)(N)C2C3CC4CC(C3)CC2C4)n1C. The summed E-state index contributed by atoms with van der Waals surface area (Å²) in [4.78, 5) is 0. The van der Waals surface area contributed by atoms with Gasteiger partial charge in [0, 0.05) is 7.05 Å². The highest BCUT2D eigenvalue weighted by atomic mass is 15.3. The summed E-state index contributed by atoms with van der Waals surface area (Å²) < 4.78 is 2.09. The molecule has 2 N–H and O–H groups in total. The standard InChI is InChI=1S/C16H26N4/c1-9-18-19-15(20(9)3)16(2,17)14-12-5-10-4-11(7-12)8-13(14)6-10/h10-14H,4-8,17H2,1-3H3. The van der Waals surface area contributed by atoms with E-state index in [9.17, 15) is 0 Å². The number of hydrogen-bond donors (Lipinski definition) is 1. The Bertz CT molecular complexity index is 503. The maximum absolute atomic E-state index is 6.85. The average Bonchev–Trinajstić information content (AvgIpc) is 2.68. The number of aromatic nitrogens is 3. The van der Waals surface area contributed by atoms with Gasteiger partial charge in [-0.2, -0.15) is 0 Å². The lowest BCUT2D eigenvalue weighted by Gasteiger charge is -2.58. The van der Waals surface area contributed by atoms with E-state index in [0.29, 0.717) is 5.92 Å². The lowest BCUT2D eigenvalue weighted by Crippen LogP contribution is -2.56. The molecule has 20 heavy (non-hydrogen) atoms. The minimum absolute atomic E-state index is 0.335. The van der Waals surface area contributed by atoms with Crippen molar-refractivity contribution in [2.45, 2.75) is 51.5 Å². The molecule has 0 amide bonds. The van der Waals surface area contributed by atoms with Gasteiger partial charge in [0.05, 0.1) is 5.54 Å². The first-order chi connectivity index (χ1) is 9.46. The van der Waals surface area contributed by atoms with E-state index in [1.54, 1.807) is 0 Å². The van der Waals surface area contributed by atoms with E-state index < -0.39 is 0 Å². The first-order valence-electron chi connectivity index (χ1n) is 8.12. The smallest absolute Gasteiger partial charge is 0.152 e. The van der Waals surface area contributed by atoms with Gasteiger partial charge in [0.15, 0.2) is 5.82 Å². The lowest BCUT2D eigenvalue weighted by molar-refractivity contribution is -0.0699. The van der Waals surface area contributed by atoms with Crippen LogP contribution in [-0.2, 0) is 12.6 Å². The first kappa shape index (κ1) is 12.8. The van der Waals surface area contributed by atoms with Crippen molar-refractivity contribution in [2.24, 2.45) is 42.4 Å². The summed E-state index contributed by atoms with van der Waals surface area (Å²) in [5.74, 6) is 6.15. The molecule has 4 nitrogen and oxygen atoms in total. The molecule has 4 aliphatic carbocycles. The zero-order chi connectivity index (χ0) is 14.1. The van der Waals surface area contributed by atoms with Crippen LogP contribution >= 0.6 is 0 Å². The van der Waals surface area contributed by atoms with Gasteiger partial charge in [-0.25, -0.2) is 0 Å². The molecule has 4 saturated carbocycles. The summed E-state index contributed by atoms with van der Waals surface area (Å²) in [5, 5.41) is 8.64. The molecule has 1 atom stereocenters. The second kappa shape index (κ2) is 4.06. The van der Waals surface area contributed by atoms with Gasteiger partial charge in [-0.15, -0.1) is 10.2 Å². The van der Waals surface area contributed by atoms with E-state index in [2.05, 4.69) is 21.7 Å². The van der Waals surface area contributed by atoms with E-state index in [1.807, 2.05) is 14.0 Å². The van der Waals surface area contributed by atoms with Gasteiger partial charge in [0.25, 0.3) is 0 Å². The molecule has 0 spiro atoms. The van der Waals surface area contributed by atoms with E-state index in [-0.39, 0.29) is 5.54 Å². The normalized spacial score (nSPS) is 41.9. The fourth-order valence-electron chi connectivity index (χ4n) is 5.93. The molecule has 1 unspecified atom stereocenters. The zero-order valence-electron chi connectivity index (χ0n) is 12.8. The topological polar surface area (TPSA) is 56.7 Å². The second-order valence-electron chi connectivity index (χ2n) is 7.87. The van der Waals surface area contributed by atoms with Crippen molar-refractivity contribution in [1.82, 2.24) is 14.8 Å². The molecule has 110 valence electrons. The summed E-state index contributed by atoms with van der Waals surface area (Å²) in [6.45, 7) is 4.20. The first-order valence-corrected chi connectivity index (χ1v) is 8.12. The number of nitrogens with zero attached hydrogens (tertiary/aromatic N) is 3. The van der Waals surface area contributed by atoms with Crippen LogP contribution in [0.1, 0.15) is 50.7 Å². The van der Waals surface area contributed by atoms with Gasteiger partial charge in [0.2, 0.25) is 0 Å². The molecular formula is C16H26N4. The Kier molecular flexibility index (Phi) is 2.60. The molecular weight excluding hydrogens is 248 g/mol. The Hall–Kier alpha value is -0.900. The van der Waals surface area contributed by atoms with Crippen molar-refractivity contribution in [3.63, 3.8) is 0 Å². The number of nitrogens with two attached hydrogens (primary N) is 1. The van der Waals surface area contributed by atoms with Crippen LogP contribution in [-0.4, -0.2) is 14.8 Å². The molecule has 1 aromatic heterocycles. The van der Waals surface area contributed by atoms with Gasteiger partial charge in [-0.05, 0) is 75.5 Å². The molecule has 1 aromatic rings. The van der Waals surface area contributed by atoms with Gasteiger partial charge in [-0.1, -0.05) is 0 Å². The van der Waals surface area contributed by atoms with Crippen LogP contribution in [0.25, 0.3) is 0 Å². The van der Waals surface area contributed by atoms with E-state index in [0.717, 1.165) is 35.3 Å². The second-order valence-corrected chi connectivity index (χ2v) is 7.87. The van der Waals surface area contributed by atoms with Crippen LogP contribution in [0.3, 0.4) is 0 Å². The van der Waals surface area contributed by atoms with Crippen molar-refractivity contribution < 1.29 is 0 Å². The average molecular weight is 274 g/mol. The molecule has 4 fully saturated rings. The Morgan fingerprint density at radius 1 is 1.05 bits per heavy atom. The quantitative estimate of drug-likeness (QED) is 0.900. The lowest BCUT2D eigenvalue weighted by atomic mass is 9.48. The Labute approximate surface area is 121 Å². The summed E-state index contributed by atoms with van der Waals surface area (Å²) in [6, 6.07) is 0. The highest BCUT2D eigenvalue weighted by molar-refractivity contribution is 5.14. The Morgan fingerprint density at radius 2 is 1.60 bits per heavy atom. The maximum atomic E-state index is 6.85. The molecule has 4 heteroatoms. The number of rotatable bonds is 2. The molecule has 0 radical (unpaired) electrons. The number of aryl methyl sites for hydroxylation is 1. The third-order valence-electron chi connectivity index (χ3n) is 6.49. The van der Waals surface area contributed by atoms with Crippen LogP contribution in [0.2, 0.25) is 0 Å². The molecule has 0 aromatic carbocycles. The molecule has 4 aliphatic rings. The van der Waals surface area contributed by atoms with Crippen molar-refractivity contribution >= 4 is 0 Å². The van der Waals surface area contributed by atoms with E-state index in [1.165, 1.54) is 32.1 Å². The third-order valence-corrected chi connectivity index (χ3v) is 6.49. The van der Waals surface area contributed by atoms with Crippen molar-refractivity contribution in [3.8, 4) is 0 Å². The van der Waals surface area contributed by atoms with Crippen LogP contribution in [0.5, 0.6) is 0 Å². The third kappa shape index (κ3) is 1.63. The number of hydrogen-bond acceptors (Lipinski definition) is 3. The van der Waals surface area contributed by atoms with Crippen LogP contribution in [0, 0.1) is 36.5 Å². The van der Waals surface area contributed by atoms with Gasteiger partial charge in [-0.3, -0.25) is 0 Å². The van der Waals surface area contributed by atoms with Gasteiger partial charge >= 0.3 is 0 Å². The largest absolute Gasteiger partial charge is 0.319 e. The fourth-order valence-corrected chi connectivity index (χ4v) is 5.93. The van der Waals surface area contributed by atoms with Crippen molar-refractivity contribution in [2.75, 3.05) is 0 Å². The summed E-state index contributed by atoms with van der Waals surface area (Å²) in [7, 11) is 2.05. The van der Waals surface area contributed by atoms with Crippen molar-refractivity contribution in [1.29, 1.82) is 0 Å². The molecule has 4 bridgehead atoms. The van der Waals surface area contributed by atoms with Crippen LogP contribution < -0.4 is 5.73 Å². The Morgan fingerprint density at radius 3 is 2.05 bits per heavy atom. The van der Waals surface area contributed by atoms with Crippen LogP contribution in [0.4, 0.5) is 0 Å². The minimum Gasteiger partial charge on any atom is -0.319 e. The fraction of sp³-hybridized carbons (Fsp3) is 0.875. The zero-order valence-corrected chi connectivity index (χ0v) is 12.8. The summed E-state index contributed by atoms with van der Waals surface area (Å²) in [5.41, 5.74) is 6.52. The highest BCUT2D eigenvalue weighted by Crippen LogP contribution is 2.59. The maximum Gasteiger partial charge on any atom is 0.152 e. The predicted octanol–water partition coefficient (Wildman–Crippen LogP) is 2.37. The summed E-state index contributed by atoms with van der Waals surface area (Å²) in [6.07, 6.45) is 7.11.